The third-order valence-electron chi connectivity index (χ3n) is 6.95. The smallest absolute Gasteiger partial charge is 0.347 e. The van der Waals surface area contributed by atoms with Crippen molar-refractivity contribution in [2.24, 2.45) is 17.9 Å². The summed E-state index contributed by atoms with van der Waals surface area (Å²) in [7, 11) is 2.01. The number of nitrogens with zero attached hydrogens (tertiary/aromatic N) is 4. The number of hydrogen-bond donors (Lipinski definition) is 3. The number of carbonyl (C=O) groups is 1. The zero-order chi connectivity index (χ0) is 27.4. The van der Waals surface area contributed by atoms with E-state index in [1.807, 2.05) is 49.5 Å². The van der Waals surface area contributed by atoms with Crippen LogP contribution in [0.5, 0.6) is 0 Å². The molecule has 1 aliphatic rings. The lowest BCUT2D eigenvalue weighted by Crippen LogP contribution is -2.46. The maximum absolute atomic E-state index is 11.8. The first-order chi connectivity index (χ1) is 18.9. The standard InChI is InChI=1S/C29H31N7O3/c1-3-38-26(37)18-39-35-27(22-6-4-5-15-32-22)29(13-14-29)20-9-12-24-23(16-20)34-25(36(24)2)17-33-21-10-7-19(8-11-21)28(30)31/h4-12,15-16,33H,3,13-14,17-18H2,1-2H3,(H3,30,31)/p+1/b35-27+. The van der Waals surface area contributed by atoms with Gasteiger partial charge in [-0.3, -0.25) is 16.1 Å². The lowest BCUT2D eigenvalue weighted by Gasteiger charge is -2.18. The fourth-order valence-electron chi connectivity index (χ4n) is 4.69. The molecule has 5 N–H and O–H groups in total. The predicted octanol–water partition coefficient (Wildman–Crippen LogP) is 2.06. The second kappa shape index (κ2) is 10.9. The van der Waals surface area contributed by atoms with Crippen LogP contribution < -0.4 is 16.5 Å². The van der Waals surface area contributed by atoms with Crippen molar-refractivity contribution in [3.63, 3.8) is 0 Å². The van der Waals surface area contributed by atoms with E-state index in [9.17, 15) is 4.79 Å². The van der Waals surface area contributed by atoms with Crippen LogP contribution in [-0.4, -0.2) is 45.3 Å². The molecular formula is C29H32N7O3+. The van der Waals surface area contributed by atoms with Crippen LogP contribution in [0.2, 0.25) is 0 Å². The molecule has 200 valence electrons. The predicted molar refractivity (Wildman–Crippen MR) is 149 cm³/mol. The van der Waals surface area contributed by atoms with Gasteiger partial charge < -0.3 is 19.5 Å². The van der Waals surface area contributed by atoms with Crippen molar-refractivity contribution < 1.29 is 19.8 Å². The van der Waals surface area contributed by atoms with Crippen LogP contribution in [0.25, 0.3) is 11.0 Å². The number of fused-ring (bicyclic) bond motifs is 1. The Kier molecular flexibility index (Phi) is 7.27. The summed E-state index contributed by atoms with van der Waals surface area (Å²) in [5, 5.41) is 13.5. The number of aryl methyl sites for hydroxylation is 1. The third kappa shape index (κ3) is 5.45. The number of carbonyl (C=O) groups excluding carboxylic acids is 1. The molecule has 0 amide bonds. The van der Waals surface area contributed by atoms with Crippen molar-refractivity contribution in [2.45, 2.75) is 31.7 Å². The molecule has 2 aromatic carbocycles. The molecule has 0 spiro atoms. The first-order valence-corrected chi connectivity index (χ1v) is 12.9. The zero-order valence-corrected chi connectivity index (χ0v) is 22.1. The van der Waals surface area contributed by atoms with Gasteiger partial charge in [0, 0.05) is 24.3 Å². The van der Waals surface area contributed by atoms with Crippen molar-refractivity contribution in [3.05, 3.63) is 89.5 Å². The maximum atomic E-state index is 11.8. The summed E-state index contributed by atoms with van der Waals surface area (Å²) in [5.74, 6) is 0.737. The number of nitrogens with two attached hydrogens (primary N) is 2. The second-order valence-corrected chi connectivity index (χ2v) is 9.49. The Balaban J connectivity index is 1.40. The number of amidine groups is 1. The van der Waals surface area contributed by atoms with Crippen LogP contribution >= 0.6 is 0 Å². The second-order valence-electron chi connectivity index (χ2n) is 9.49. The Morgan fingerprint density at radius 1 is 1.18 bits per heavy atom. The molecule has 0 unspecified atom stereocenters. The molecule has 2 heterocycles. The fraction of sp³-hybridized carbons (Fsp3) is 0.276. The molecule has 2 aromatic heterocycles. The van der Waals surface area contributed by atoms with Crippen LogP contribution in [-0.2, 0) is 33.4 Å². The highest BCUT2D eigenvalue weighted by Crippen LogP contribution is 2.51. The monoisotopic (exact) mass is 526 g/mol. The summed E-state index contributed by atoms with van der Waals surface area (Å²) in [6.07, 6.45) is 3.50. The normalized spacial score (nSPS) is 14.2. The molecule has 0 radical (unpaired) electrons. The number of rotatable bonds is 11. The van der Waals surface area contributed by atoms with Crippen LogP contribution in [0.15, 0.2) is 72.0 Å². The SMILES string of the molecule is CCOC(=O)CO/N=C(\c1ccccn1)C1(c2ccc3c(c2)nc(CNc2ccc(C(N)=[NH2+])cc2)n3C)CC1. The van der Waals surface area contributed by atoms with Gasteiger partial charge in [-0.1, -0.05) is 17.3 Å². The highest BCUT2D eigenvalue weighted by atomic mass is 16.7. The molecule has 1 fully saturated rings. The van der Waals surface area contributed by atoms with Gasteiger partial charge in [0.15, 0.2) is 0 Å². The quantitative estimate of drug-likeness (QED) is 0.118. The van der Waals surface area contributed by atoms with Crippen molar-refractivity contribution >= 4 is 34.2 Å². The topological polar surface area (TPSA) is 142 Å². The van der Waals surface area contributed by atoms with Crippen molar-refractivity contribution in [1.82, 2.24) is 14.5 Å². The lowest BCUT2D eigenvalue weighted by atomic mass is 9.88. The minimum absolute atomic E-state index is 0.253. The summed E-state index contributed by atoms with van der Waals surface area (Å²) in [6.45, 7) is 2.34. The van der Waals surface area contributed by atoms with E-state index in [2.05, 4.69) is 38.2 Å². The average molecular weight is 527 g/mol. The summed E-state index contributed by atoms with van der Waals surface area (Å²) >= 11 is 0. The van der Waals surface area contributed by atoms with Gasteiger partial charge >= 0.3 is 5.97 Å². The van der Waals surface area contributed by atoms with Gasteiger partial charge in [-0.05, 0) is 73.9 Å². The average Bonchev–Trinajstić information content (AvgIpc) is 3.69. The number of ether oxygens (including phenoxy) is 1. The lowest BCUT2D eigenvalue weighted by molar-refractivity contribution is -0.148. The summed E-state index contributed by atoms with van der Waals surface area (Å²) in [5.41, 5.74) is 11.5. The Morgan fingerprint density at radius 2 is 1.97 bits per heavy atom. The molecule has 4 aromatic rings. The zero-order valence-electron chi connectivity index (χ0n) is 22.1. The van der Waals surface area contributed by atoms with E-state index < -0.39 is 5.97 Å². The van der Waals surface area contributed by atoms with Crippen molar-refractivity contribution in [3.8, 4) is 0 Å². The number of nitrogens with one attached hydrogen (secondary N) is 1. The third-order valence-corrected chi connectivity index (χ3v) is 6.95. The Hall–Kier alpha value is -4.73. The van der Waals surface area contributed by atoms with Crippen LogP contribution in [0.3, 0.4) is 0 Å². The summed E-state index contributed by atoms with van der Waals surface area (Å²) in [4.78, 5) is 26.7. The molecule has 5 rings (SSSR count). The van der Waals surface area contributed by atoms with Gasteiger partial charge in [0.1, 0.15) is 11.5 Å². The number of aromatic nitrogens is 3. The van der Waals surface area contributed by atoms with E-state index in [0.29, 0.717) is 30.4 Å². The Morgan fingerprint density at radius 3 is 2.64 bits per heavy atom. The number of hydrogen-bond acceptors (Lipinski definition) is 7. The van der Waals surface area contributed by atoms with Crippen molar-refractivity contribution in [1.29, 1.82) is 0 Å². The van der Waals surface area contributed by atoms with Gasteiger partial charge in [-0.15, -0.1) is 0 Å². The summed E-state index contributed by atoms with van der Waals surface area (Å²) < 4.78 is 7.05. The molecule has 1 aliphatic carbocycles. The molecule has 10 nitrogen and oxygen atoms in total. The molecule has 0 bridgehead atoms. The van der Waals surface area contributed by atoms with E-state index in [1.54, 1.807) is 13.1 Å². The molecule has 0 atom stereocenters. The molecule has 0 aliphatic heterocycles. The van der Waals surface area contributed by atoms with Crippen molar-refractivity contribution in [2.75, 3.05) is 18.5 Å². The van der Waals surface area contributed by atoms with Gasteiger partial charge in [-0.2, -0.15) is 0 Å². The number of esters is 1. The minimum Gasteiger partial charge on any atom is -0.463 e. The molecular weight excluding hydrogens is 494 g/mol. The molecule has 1 saturated carbocycles. The minimum atomic E-state index is -0.458. The van der Waals surface area contributed by atoms with E-state index in [4.69, 9.17) is 25.7 Å². The number of imidazole rings is 1. The first-order valence-electron chi connectivity index (χ1n) is 12.9. The highest BCUT2D eigenvalue weighted by Gasteiger charge is 2.50. The van der Waals surface area contributed by atoms with Gasteiger partial charge in [0.2, 0.25) is 6.61 Å². The number of benzene rings is 2. The van der Waals surface area contributed by atoms with Gasteiger partial charge in [-0.25, -0.2) is 9.78 Å². The van der Waals surface area contributed by atoms with Crippen LogP contribution in [0.1, 0.15) is 42.4 Å². The maximum Gasteiger partial charge on any atom is 0.347 e. The fourth-order valence-corrected chi connectivity index (χ4v) is 4.69. The summed E-state index contributed by atoms with van der Waals surface area (Å²) in [6, 6.07) is 19.6. The van der Waals surface area contributed by atoms with Gasteiger partial charge in [0.25, 0.3) is 5.84 Å². The largest absolute Gasteiger partial charge is 0.463 e. The van der Waals surface area contributed by atoms with E-state index in [0.717, 1.165) is 46.5 Å². The van der Waals surface area contributed by atoms with Gasteiger partial charge in [0.05, 0.1) is 35.4 Å². The number of pyridine rings is 1. The highest BCUT2D eigenvalue weighted by molar-refractivity contribution is 6.08. The first kappa shape index (κ1) is 25.9. The van der Waals surface area contributed by atoms with E-state index in [1.165, 1.54) is 0 Å². The van der Waals surface area contributed by atoms with E-state index >= 15 is 0 Å². The molecule has 10 heteroatoms. The molecule has 39 heavy (non-hydrogen) atoms. The Bertz CT molecular complexity index is 1520. The van der Waals surface area contributed by atoms with Crippen LogP contribution in [0.4, 0.5) is 5.69 Å². The number of anilines is 1. The Labute approximate surface area is 226 Å². The van der Waals surface area contributed by atoms with Crippen LogP contribution in [0, 0.1) is 0 Å². The molecule has 0 saturated heterocycles. The number of oxime groups is 1. The van der Waals surface area contributed by atoms with E-state index in [-0.39, 0.29) is 12.0 Å².